The van der Waals surface area contributed by atoms with Crippen LogP contribution in [0, 0.1) is 0 Å². The molecule has 1 amide bonds. The lowest BCUT2D eigenvalue weighted by Crippen LogP contribution is -2.40. The van der Waals surface area contributed by atoms with Gasteiger partial charge in [0.05, 0.1) is 6.61 Å². The van der Waals surface area contributed by atoms with E-state index < -0.39 is 30.2 Å². The molecule has 0 heterocycles. The number of carbonyl (C=O) groups excluding carboxylic acids is 2. The van der Waals surface area contributed by atoms with E-state index in [1.165, 1.54) is 24.3 Å². The highest BCUT2D eigenvalue weighted by atomic mass is 16.6. The Morgan fingerprint density at radius 1 is 1.11 bits per heavy atom. The highest BCUT2D eigenvalue weighted by molar-refractivity contribution is 5.93. The first-order valence-electron chi connectivity index (χ1n) is 8.73. The Morgan fingerprint density at radius 3 is 2.26 bits per heavy atom. The van der Waals surface area contributed by atoms with Gasteiger partial charge in [0, 0.05) is 5.69 Å². The molecule has 0 spiro atoms. The number of unbranched alkanes of at least 4 members (excludes halogenated alkanes) is 1. The zero-order valence-electron chi connectivity index (χ0n) is 16.2. The average molecular weight is 381 g/mol. The number of anilines is 1. The smallest absolute Gasteiger partial charge is 0.415 e. The monoisotopic (exact) mass is 381 g/mol. The number of carbonyl (C=O) groups is 3. The minimum absolute atomic E-state index is 0.228. The van der Waals surface area contributed by atoms with Crippen molar-refractivity contribution in [2.24, 2.45) is 0 Å². The summed E-state index contributed by atoms with van der Waals surface area (Å²) in [5, 5.41) is 9.06. The number of carboxylic acid groups (broad SMARTS) is 1. The van der Waals surface area contributed by atoms with Crippen LogP contribution in [-0.4, -0.2) is 48.5 Å². The van der Waals surface area contributed by atoms with Gasteiger partial charge in [-0.15, -0.1) is 0 Å². The van der Waals surface area contributed by atoms with Crippen molar-refractivity contribution in [3.05, 3.63) is 24.3 Å². The van der Waals surface area contributed by atoms with Crippen LogP contribution >= 0.6 is 0 Å². The molecule has 0 saturated carbocycles. The number of carboxylic acids is 1. The topological polar surface area (TPSA) is 102 Å². The van der Waals surface area contributed by atoms with Crippen molar-refractivity contribution in [3.8, 4) is 5.75 Å². The lowest BCUT2D eigenvalue weighted by atomic mass is 10.2. The molecular weight excluding hydrogens is 354 g/mol. The van der Waals surface area contributed by atoms with E-state index in [4.69, 9.17) is 19.3 Å². The molecule has 0 unspecified atom stereocenters. The number of amides is 1. The summed E-state index contributed by atoms with van der Waals surface area (Å²) in [7, 11) is 0. The third-order valence-corrected chi connectivity index (χ3v) is 3.17. The van der Waals surface area contributed by atoms with Gasteiger partial charge in [0.2, 0.25) is 0 Å². The van der Waals surface area contributed by atoms with Crippen LogP contribution in [0.15, 0.2) is 24.3 Å². The molecular formula is C19H27NO7. The van der Waals surface area contributed by atoms with Gasteiger partial charge in [-0.3, -0.25) is 9.69 Å². The number of hydrogen-bond acceptors (Lipinski definition) is 6. The summed E-state index contributed by atoms with van der Waals surface area (Å²) >= 11 is 0. The molecule has 0 fully saturated rings. The molecule has 0 radical (unpaired) electrons. The van der Waals surface area contributed by atoms with Crippen molar-refractivity contribution in [3.63, 3.8) is 0 Å². The van der Waals surface area contributed by atoms with E-state index in [0.717, 1.165) is 17.7 Å². The predicted molar refractivity (Wildman–Crippen MR) is 99.0 cm³/mol. The SMILES string of the molecule is CCCCOC(=O)COc1ccc(N(CC(=O)O)C(=O)OC(C)(C)C)cc1. The molecule has 1 aromatic carbocycles. The second kappa shape index (κ2) is 10.4. The van der Waals surface area contributed by atoms with Gasteiger partial charge in [0.15, 0.2) is 6.61 Å². The summed E-state index contributed by atoms with van der Waals surface area (Å²) in [4.78, 5) is 35.9. The number of benzene rings is 1. The maximum absolute atomic E-state index is 12.3. The molecule has 0 aliphatic heterocycles. The van der Waals surface area contributed by atoms with E-state index in [1.54, 1.807) is 20.8 Å². The molecule has 8 heteroatoms. The summed E-state index contributed by atoms with van der Waals surface area (Å²) in [5.74, 6) is -1.24. The molecule has 0 saturated heterocycles. The molecule has 0 aliphatic carbocycles. The van der Waals surface area contributed by atoms with Crippen LogP contribution in [0.3, 0.4) is 0 Å². The van der Waals surface area contributed by atoms with Gasteiger partial charge in [0.1, 0.15) is 17.9 Å². The molecule has 0 bridgehead atoms. The Bertz CT molecular complexity index is 634. The third-order valence-electron chi connectivity index (χ3n) is 3.17. The third kappa shape index (κ3) is 8.94. The van der Waals surface area contributed by atoms with E-state index >= 15 is 0 Å². The Morgan fingerprint density at radius 2 is 1.74 bits per heavy atom. The highest BCUT2D eigenvalue weighted by Gasteiger charge is 2.25. The van der Waals surface area contributed by atoms with Crippen LogP contribution in [0.1, 0.15) is 40.5 Å². The highest BCUT2D eigenvalue weighted by Crippen LogP contribution is 2.22. The average Bonchev–Trinajstić information content (AvgIpc) is 2.57. The largest absolute Gasteiger partial charge is 0.482 e. The van der Waals surface area contributed by atoms with Gasteiger partial charge in [-0.1, -0.05) is 13.3 Å². The standard InChI is InChI=1S/C19H27NO7/c1-5-6-11-25-17(23)13-26-15-9-7-14(8-10-15)20(12-16(21)22)18(24)27-19(2,3)4/h7-10H,5-6,11-13H2,1-4H3,(H,21,22). The van der Waals surface area contributed by atoms with Crippen molar-refractivity contribution >= 4 is 23.7 Å². The number of aliphatic carboxylic acids is 1. The van der Waals surface area contributed by atoms with Crippen LogP contribution in [0.5, 0.6) is 5.75 Å². The van der Waals surface area contributed by atoms with E-state index in [0.29, 0.717) is 18.0 Å². The summed E-state index contributed by atoms with van der Waals surface area (Å²) in [6, 6.07) is 6.11. The fourth-order valence-corrected chi connectivity index (χ4v) is 1.95. The molecule has 27 heavy (non-hydrogen) atoms. The predicted octanol–water partition coefficient (Wildman–Crippen LogP) is 3.23. The van der Waals surface area contributed by atoms with Gasteiger partial charge in [-0.25, -0.2) is 9.59 Å². The normalized spacial score (nSPS) is 10.8. The molecule has 150 valence electrons. The summed E-state index contributed by atoms with van der Waals surface area (Å²) in [6.07, 6.45) is 0.961. The fraction of sp³-hybridized carbons (Fsp3) is 0.526. The van der Waals surface area contributed by atoms with E-state index in [1.807, 2.05) is 6.92 Å². The Kier molecular flexibility index (Phi) is 8.58. The lowest BCUT2D eigenvalue weighted by molar-refractivity contribution is -0.146. The molecule has 1 rings (SSSR count). The van der Waals surface area contributed by atoms with Crippen LogP contribution in [0.4, 0.5) is 10.5 Å². The molecule has 0 aromatic heterocycles. The maximum atomic E-state index is 12.3. The zero-order chi connectivity index (χ0) is 20.4. The Balaban J connectivity index is 2.73. The van der Waals surface area contributed by atoms with Crippen LogP contribution < -0.4 is 9.64 Å². The van der Waals surface area contributed by atoms with E-state index in [2.05, 4.69) is 0 Å². The van der Waals surface area contributed by atoms with Crippen molar-refractivity contribution in [1.82, 2.24) is 0 Å². The van der Waals surface area contributed by atoms with E-state index in [-0.39, 0.29) is 6.61 Å². The zero-order valence-corrected chi connectivity index (χ0v) is 16.2. The lowest BCUT2D eigenvalue weighted by Gasteiger charge is -2.26. The van der Waals surface area contributed by atoms with Crippen molar-refractivity contribution in [1.29, 1.82) is 0 Å². The first-order valence-corrected chi connectivity index (χ1v) is 8.73. The first-order chi connectivity index (χ1) is 12.6. The minimum Gasteiger partial charge on any atom is -0.482 e. The molecule has 1 aromatic rings. The molecule has 0 aliphatic rings. The first kappa shape index (κ1) is 22.3. The summed E-state index contributed by atoms with van der Waals surface area (Å²) < 4.78 is 15.6. The maximum Gasteiger partial charge on any atom is 0.415 e. The second-order valence-electron chi connectivity index (χ2n) is 6.82. The summed E-state index contributed by atoms with van der Waals surface area (Å²) in [5.41, 5.74) is -0.417. The molecule has 8 nitrogen and oxygen atoms in total. The van der Waals surface area contributed by atoms with Gasteiger partial charge < -0.3 is 19.3 Å². The number of esters is 1. The van der Waals surface area contributed by atoms with E-state index in [9.17, 15) is 14.4 Å². The fourth-order valence-electron chi connectivity index (χ4n) is 1.95. The van der Waals surface area contributed by atoms with Crippen molar-refractivity contribution in [2.75, 3.05) is 24.7 Å². The van der Waals surface area contributed by atoms with Crippen LogP contribution in [0.25, 0.3) is 0 Å². The number of hydrogen-bond donors (Lipinski definition) is 1. The van der Waals surface area contributed by atoms with Gasteiger partial charge in [0.25, 0.3) is 0 Å². The van der Waals surface area contributed by atoms with Gasteiger partial charge in [-0.05, 0) is 51.5 Å². The summed E-state index contributed by atoms with van der Waals surface area (Å²) in [6.45, 7) is 6.67. The van der Waals surface area contributed by atoms with Crippen LogP contribution in [0.2, 0.25) is 0 Å². The van der Waals surface area contributed by atoms with Crippen LogP contribution in [-0.2, 0) is 19.1 Å². The molecule has 0 atom stereocenters. The molecule has 1 N–H and O–H groups in total. The van der Waals surface area contributed by atoms with Crippen molar-refractivity contribution in [2.45, 2.75) is 46.1 Å². The van der Waals surface area contributed by atoms with Gasteiger partial charge in [-0.2, -0.15) is 0 Å². The quantitative estimate of drug-likeness (QED) is 0.517. The Hall–Kier alpha value is -2.77. The number of rotatable bonds is 9. The van der Waals surface area contributed by atoms with Crippen molar-refractivity contribution < 1.29 is 33.7 Å². The Labute approximate surface area is 159 Å². The van der Waals surface area contributed by atoms with Gasteiger partial charge >= 0.3 is 18.0 Å². The number of ether oxygens (including phenoxy) is 3. The second-order valence-corrected chi connectivity index (χ2v) is 6.82. The minimum atomic E-state index is -1.17. The number of nitrogens with zero attached hydrogens (tertiary/aromatic N) is 1.